The van der Waals surface area contributed by atoms with Crippen LogP contribution < -0.4 is 0 Å². The maximum absolute atomic E-state index is 13.9. The van der Waals surface area contributed by atoms with E-state index in [2.05, 4.69) is 10.3 Å². The summed E-state index contributed by atoms with van der Waals surface area (Å²) in [6.07, 6.45) is 1.41. The molecular weight excluding hydrogens is 301 g/mol. The maximum atomic E-state index is 13.9. The van der Waals surface area contributed by atoms with Gasteiger partial charge in [-0.05, 0) is 13.0 Å². The van der Waals surface area contributed by atoms with Crippen LogP contribution in [0.3, 0.4) is 0 Å². The molecule has 0 aliphatic heterocycles. The minimum absolute atomic E-state index is 0.110. The predicted octanol–water partition coefficient (Wildman–Crippen LogP) is 2.90. The minimum Gasteiger partial charge on any atom is -0.461 e. The Morgan fingerprint density at radius 3 is 2.83 bits per heavy atom. The number of rotatable bonds is 5. The highest BCUT2D eigenvalue weighted by molar-refractivity contribution is 5.88. The van der Waals surface area contributed by atoms with Gasteiger partial charge in [0.25, 0.3) is 0 Å². The van der Waals surface area contributed by atoms with Gasteiger partial charge in [0.15, 0.2) is 0 Å². The first-order valence-corrected chi connectivity index (χ1v) is 7.08. The second-order valence-corrected chi connectivity index (χ2v) is 4.77. The molecule has 0 bridgehead atoms. The molecule has 23 heavy (non-hydrogen) atoms. The fourth-order valence-corrected chi connectivity index (χ4v) is 2.16. The molecule has 0 N–H and O–H groups in total. The van der Waals surface area contributed by atoms with Gasteiger partial charge in [-0.15, -0.1) is 0 Å². The van der Waals surface area contributed by atoms with Gasteiger partial charge in [0, 0.05) is 17.7 Å². The van der Waals surface area contributed by atoms with E-state index in [1.54, 1.807) is 37.3 Å². The molecule has 3 rings (SSSR count). The topological polar surface area (TPSA) is 70.2 Å². The lowest BCUT2D eigenvalue weighted by atomic mass is 10.2. The Labute approximate surface area is 131 Å². The van der Waals surface area contributed by atoms with Gasteiger partial charge in [0.2, 0.25) is 0 Å². The summed E-state index contributed by atoms with van der Waals surface area (Å²) in [6.45, 7) is 2.07. The Balaban J connectivity index is 2.00. The Hall–Kier alpha value is -2.96. The number of carbonyl (C=O) groups excluding carboxylic acids is 1. The van der Waals surface area contributed by atoms with Crippen LogP contribution >= 0.6 is 0 Å². The highest BCUT2D eigenvalue weighted by Crippen LogP contribution is 2.19. The van der Waals surface area contributed by atoms with Crippen molar-refractivity contribution >= 4 is 5.97 Å². The normalized spacial score (nSPS) is 10.7. The zero-order chi connectivity index (χ0) is 16.2. The van der Waals surface area contributed by atoms with Gasteiger partial charge in [-0.25, -0.2) is 9.18 Å². The first-order chi connectivity index (χ1) is 11.2. The summed E-state index contributed by atoms with van der Waals surface area (Å²) in [4.78, 5) is 12.1. The number of ether oxygens (including phenoxy) is 1. The Morgan fingerprint density at radius 1 is 1.30 bits per heavy atom. The standard InChI is InChI=1S/C16H14FN3O3/c1-2-22-16(21)15-9-14(13-7-8-23-19-13)18-20(15)10-11-5-3-4-6-12(11)17/h3-9H,2,10H2,1H3. The zero-order valence-corrected chi connectivity index (χ0v) is 12.4. The molecule has 0 fully saturated rings. The van der Waals surface area contributed by atoms with E-state index in [0.717, 1.165) is 0 Å². The monoisotopic (exact) mass is 315 g/mol. The van der Waals surface area contributed by atoms with Crippen LogP contribution in [0.5, 0.6) is 0 Å². The number of hydrogen-bond acceptors (Lipinski definition) is 5. The number of nitrogens with zero attached hydrogens (tertiary/aromatic N) is 3. The number of halogens is 1. The summed E-state index contributed by atoms with van der Waals surface area (Å²) in [6, 6.07) is 9.52. The molecule has 2 heterocycles. The van der Waals surface area contributed by atoms with Crippen LogP contribution in [0, 0.1) is 5.82 Å². The van der Waals surface area contributed by atoms with E-state index in [1.165, 1.54) is 17.0 Å². The largest absolute Gasteiger partial charge is 0.461 e. The van der Waals surface area contributed by atoms with Crippen LogP contribution in [-0.2, 0) is 11.3 Å². The van der Waals surface area contributed by atoms with E-state index in [-0.39, 0.29) is 24.7 Å². The summed E-state index contributed by atoms with van der Waals surface area (Å²) < 4.78 is 25.1. The fourth-order valence-electron chi connectivity index (χ4n) is 2.16. The van der Waals surface area contributed by atoms with E-state index in [9.17, 15) is 9.18 Å². The lowest BCUT2D eigenvalue weighted by Crippen LogP contribution is -2.14. The van der Waals surface area contributed by atoms with Crippen LogP contribution in [0.15, 0.2) is 47.2 Å². The SMILES string of the molecule is CCOC(=O)c1cc(-c2ccon2)nn1Cc1ccccc1F. The van der Waals surface area contributed by atoms with Crippen LogP contribution in [-0.4, -0.2) is 27.5 Å². The Morgan fingerprint density at radius 2 is 2.13 bits per heavy atom. The lowest BCUT2D eigenvalue weighted by molar-refractivity contribution is 0.0512. The molecule has 118 valence electrons. The van der Waals surface area contributed by atoms with Crippen molar-refractivity contribution in [2.75, 3.05) is 6.61 Å². The van der Waals surface area contributed by atoms with Crippen molar-refractivity contribution in [3.05, 3.63) is 59.7 Å². The Kier molecular flexibility index (Phi) is 4.18. The summed E-state index contributed by atoms with van der Waals surface area (Å²) in [7, 11) is 0. The van der Waals surface area contributed by atoms with Crippen LogP contribution in [0.2, 0.25) is 0 Å². The molecule has 0 radical (unpaired) electrons. The first-order valence-electron chi connectivity index (χ1n) is 7.08. The average molecular weight is 315 g/mol. The molecule has 0 amide bonds. The third-order valence-electron chi connectivity index (χ3n) is 3.24. The van der Waals surface area contributed by atoms with Crippen LogP contribution in [0.4, 0.5) is 4.39 Å². The minimum atomic E-state index is -0.522. The number of esters is 1. The van der Waals surface area contributed by atoms with Gasteiger partial charge in [0.05, 0.1) is 13.2 Å². The molecule has 0 aliphatic rings. The van der Waals surface area contributed by atoms with Crippen molar-refractivity contribution < 1.29 is 18.4 Å². The molecule has 0 atom stereocenters. The molecule has 0 spiro atoms. The van der Waals surface area contributed by atoms with E-state index in [1.807, 2.05) is 0 Å². The van der Waals surface area contributed by atoms with Gasteiger partial charge in [-0.2, -0.15) is 5.10 Å². The van der Waals surface area contributed by atoms with Gasteiger partial charge in [0.1, 0.15) is 29.2 Å². The molecule has 0 saturated carbocycles. The third-order valence-corrected chi connectivity index (χ3v) is 3.24. The summed E-state index contributed by atoms with van der Waals surface area (Å²) in [5, 5.41) is 8.11. The summed E-state index contributed by atoms with van der Waals surface area (Å²) in [5.41, 5.74) is 1.60. The fraction of sp³-hybridized carbons (Fsp3) is 0.188. The Bertz CT molecular complexity index is 812. The molecule has 0 saturated heterocycles. The second kappa shape index (κ2) is 6.43. The van der Waals surface area contributed by atoms with E-state index in [4.69, 9.17) is 9.26 Å². The van der Waals surface area contributed by atoms with Gasteiger partial charge >= 0.3 is 5.97 Å². The molecule has 1 aromatic carbocycles. The van der Waals surface area contributed by atoms with Crippen molar-refractivity contribution in [2.24, 2.45) is 0 Å². The quantitative estimate of drug-likeness (QED) is 0.677. The molecule has 7 heteroatoms. The van der Waals surface area contributed by atoms with Gasteiger partial charge in [-0.1, -0.05) is 23.4 Å². The molecule has 0 aliphatic carbocycles. The number of hydrogen-bond donors (Lipinski definition) is 0. The number of aromatic nitrogens is 3. The highest BCUT2D eigenvalue weighted by Gasteiger charge is 2.19. The molecular formula is C16H14FN3O3. The summed E-state index contributed by atoms with van der Waals surface area (Å²) in [5.74, 6) is -0.883. The summed E-state index contributed by atoms with van der Waals surface area (Å²) >= 11 is 0. The van der Waals surface area contributed by atoms with Gasteiger partial charge in [-0.3, -0.25) is 4.68 Å². The van der Waals surface area contributed by atoms with Crippen molar-refractivity contribution in [1.29, 1.82) is 0 Å². The molecule has 6 nitrogen and oxygen atoms in total. The van der Waals surface area contributed by atoms with Crippen LogP contribution in [0.1, 0.15) is 23.0 Å². The van der Waals surface area contributed by atoms with E-state index >= 15 is 0 Å². The number of carbonyl (C=O) groups is 1. The van der Waals surface area contributed by atoms with E-state index in [0.29, 0.717) is 17.0 Å². The maximum Gasteiger partial charge on any atom is 0.356 e. The van der Waals surface area contributed by atoms with E-state index < -0.39 is 5.97 Å². The third kappa shape index (κ3) is 3.13. The lowest BCUT2D eigenvalue weighted by Gasteiger charge is -2.07. The molecule has 0 unspecified atom stereocenters. The second-order valence-electron chi connectivity index (χ2n) is 4.77. The van der Waals surface area contributed by atoms with Gasteiger partial charge < -0.3 is 9.26 Å². The molecule has 2 aromatic heterocycles. The van der Waals surface area contributed by atoms with Crippen molar-refractivity contribution in [3.63, 3.8) is 0 Å². The zero-order valence-electron chi connectivity index (χ0n) is 12.4. The predicted molar refractivity (Wildman–Crippen MR) is 79.2 cm³/mol. The van der Waals surface area contributed by atoms with Crippen molar-refractivity contribution in [2.45, 2.75) is 13.5 Å². The van der Waals surface area contributed by atoms with Crippen molar-refractivity contribution in [3.8, 4) is 11.4 Å². The van der Waals surface area contributed by atoms with Crippen LogP contribution in [0.25, 0.3) is 11.4 Å². The molecule has 3 aromatic rings. The smallest absolute Gasteiger partial charge is 0.356 e. The number of benzene rings is 1. The highest BCUT2D eigenvalue weighted by atomic mass is 19.1. The average Bonchev–Trinajstić information content (AvgIpc) is 3.19. The first kappa shape index (κ1) is 15.0. The van der Waals surface area contributed by atoms with Crippen molar-refractivity contribution in [1.82, 2.24) is 14.9 Å².